The van der Waals surface area contributed by atoms with E-state index in [1.165, 1.54) is 24.8 Å². The predicted molar refractivity (Wildman–Crippen MR) is 69.8 cm³/mol. The largest absolute Gasteiger partial charge is 0.308 e. The molecule has 0 amide bonds. The van der Waals surface area contributed by atoms with E-state index in [-0.39, 0.29) is 0 Å². The fraction of sp³-hybridized carbons (Fsp3) is 0.571. The lowest BCUT2D eigenvalue weighted by molar-refractivity contribution is 0.438. The summed E-state index contributed by atoms with van der Waals surface area (Å²) in [6, 6.07) is 9.14. The predicted octanol–water partition coefficient (Wildman–Crippen LogP) is 4.18. The van der Waals surface area contributed by atoms with Crippen LogP contribution in [0.15, 0.2) is 24.3 Å². The Kier molecular flexibility index (Phi) is 3.88. The molecule has 1 aliphatic rings. The van der Waals surface area contributed by atoms with Crippen LogP contribution in [-0.2, 0) is 0 Å². The molecule has 2 atom stereocenters. The Bertz CT molecular complexity index is 329. The first-order valence-corrected chi connectivity index (χ1v) is 6.54. The summed E-state index contributed by atoms with van der Waals surface area (Å²) >= 11 is 5.88. The van der Waals surface area contributed by atoms with Gasteiger partial charge < -0.3 is 5.32 Å². The van der Waals surface area contributed by atoms with E-state index in [1.807, 2.05) is 12.1 Å². The molecular weight excluding hydrogens is 218 g/mol. The summed E-state index contributed by atoms with van der Waals surface area (Å²) in [7, 11) is 0. The number of halogens is 1. The van der Waals surface area contributed by atoms with E-state index in [9.17, 15) is 0 Å². The Morgan fingerprint density at radius 3 is 2.44 bits per heavy atom. The van der Waals surface area contributed by atoms with Crippen LogP contribution in [-0.4, -0.2) is 6.04 Å². The standard InChI is InChI=1S/C14H20ClN/c1-10(9-12-3-4-12)16-11(2)13-5-7-14(15)8-6-13/h5-8,10-12,16H,3-4,9H2,1-2H3. The van der Waals surface area contributed by atoms with Crippen LogP contribution in [0.5, 0.6) is 0 Å². The van der Waals surface area contributed by atoms with Crippen molar-refractivity contribution in [1.82, 2.24) is 5.32 Å². The monoisotopic (exact) mass is 237 g/mol. The summed E-state index contributed by atoms with van der Waals surface area (Å²) in [6.45, 7) is 4.50. The van der Waals surface area contributed by atoms with Gasteiger partial charge in [0.25, 0.3) is 0 Å². The van der Waals surface area contributed by atoms with Crippen LogP contribution in [0.3, 0.4) is 0 Å². The second kappa shape index (κ2) is 5.20. The van der Waals surface area contributed by atoms with Gasteiger partial charge in [-0.25, -0.2) is 0 Å². The van der Waals surface area contributed by atoms with Gasteiger partial charge in [0.2, 0.25) is 0 Å². The lowest BCUT2D eigenvalue weighted by Crippen LogP contribution is -2.29. The van der Waals surface area contributed by atoms with Crippen molar-refractivity contribution in [2.75, 3.05) is 0 Å². The molecule has 0 radical (unpaired) electrons. The highest BCUT2D eigenvalue weighted by Crippen LogP contribution is 2.33. The molecule has 1 fully saturated rings. The smallest absolute Gasteiger partial charge is 0.0406 e. The summed E-state index contributed by atoms with van der Waals surface area (Å²) in [5.41, 5.74) is 1.31. The summed E-state index contributed by atoms with van der Waals surface area (Å²) in [5, 5.41) is 4.45. The Labute approximate surface area is 103 Å². The van der Waals surface area contributed by atoms with E-state index in [2.05, 4.69) is 31.3 Å². The van der Waals surface area contributed by atoms with Crippen molar-refractivity contribution >= 4 is 11.6 Å². The average molecular weight is 238 g/mol. The zero-order valence-corrected chi connectivity index (χ0v) is 10.8. The van der Waals surface area contributed by atoms with Crippen LogP contribution >= 0.6 is 11.6 Å². The van der Waals surface area contributed by atoms with Crippen molar-refractivity contribution in [1.29, 1.82) is 0 Å². The van der Waals surface area contributed by atoms with E-state index in [0.717, 1.165) is 10.9 Å². The molecule has 1 N–H and O–H groups in total. The van der Waals surface area contributed by atoms with Crippen LogP contribution in [0.4, 0.5) is 0 Å². The number of hydrogen-bond donors (Lipinski definition) is 1. The van der Waals surface area contributed by atoms with Crippen molar-refractivity contribution in [3.8, 4) is 0 Å². The lowest BCUT2D eigenvalue weighted by atomic mass is 10.1. The molecule has 0 bridgehead atoms. The molecule has 0 saturated heterocycles. The number of hydrogen-bond acceptors (Lipinski definition) is 1. The normalized spacial score (nSPS) is 19.4. The maximum atomic E-state index is 5.88. The summed E-state index contributed by atoms with van der Waals surface area (Å²) < 4.78 is 0. The highest BCUT2D eigenvalue weighted by molar-refractivity contribution is 6.30. The van der Waals surface area contributed by atoms with E-state index in [1.54, 1.807) is 0 Å². The Morgan fingerprint density at radius 1 is 1.25 bits per heavy atom. The maximum Gasteiger partial charge on any atom is 0.0406 e. The van der Waals surface area contributed by atoms with E-state index in [0.29, 0.717) is 12.1 Å². The maximum absolute atomic E-state index is 5.88. The molecule has 16 heavy (non-hydrogen) atoms. The topological polar surface area (TPSA) is 12.0 Å². The third-order valence-corrected chi connectivity index (χ3v) is 3.54. The molecule has 0 aliphatic heterocycles. The van der Waals surface area contributed by atoms with Crippen LogP contribution in [0, 0.1) is 5.92 Å². The first kappa shape index (κ1) is 11.9. The number of nitrogens with one attached hydrogen (secondary N) is 1. The van der Waals surface area contributed by atoms with Gasteiger partial charge in [-0.1, -0.05) is 36.6 Å². The van der Waals surface area contributed by atoms with Gasteiger partial charge in [-0.3, -0.25) is 0 Å². The molecule has 1 saturated carbocycles. The summed E-state index contributed by atoms with van der Waals surface area (Å²) in [6.07, 6.45) is 4.18. The van der Waals surface area contributed by atoms with Crippen molar-refractivity contribution in [3.63, 3.8) is 0 Å². The van der Waals surface area contributed by atoms with E-state index >= 15 is 0 Å². The molecule has 88 valence electrons. The van der Waals surface area contributed by atoms with Crippen molar-refractivity contribution in [2.24, 2.45) is 5.92 Å². The SMILES string of the molecule is CC(CC1CC1)NC(C)c1ccc(Cl)cc1. The van der Waals surface area contributed by atoms with Crippen LogP contribution in [0.25, 0.3) is 0 Å². The molecule has 1 aromatic carbocycles. The number of benzene rings is 1. The van der Waals surface area contributed by atoms with E-state index in [4.69, 9.17) is 11.6 Å². The Morgan fingerprint density at radius 2 is 1.88 bits per heavy atom. The molecule has 2 unspecified atom stereocenters. The van der Waals surface area contributed by atoms with Crippen molar-refractivity contribution in [2.45, 2.75) is 45.2 Å². The molecule has 0 heterocycles. The van der Waals surface area contributed by atoms with E-state index < -0.39 is 0 Å². The van der Waals surface area contributed by atoms with Gasteiger partial charge >= 0.3 is 0 Å². The second-order valence-electron chi connectivity index (χ2n) is 5.02. The molecule has 1 aliphatic carbocycles. The minimum absolute atomic E-state index is 0.408. The Hall–Kier alpha value is -0.530. The fourth-order valence-corrected chi connectivity index (χ4v) is 2.32. The number of rotatable bonds is 5. The van der Waals surface area contributed by atoms with Crippen LogP contribution < -0.4 is 5.32 Å². The molecule has 1 aromatic rings. The molecular formula is C14H20ClN. The van der Waals surface area contributed by atoms with Crippen molar-refractivity contribution in [3.05, 3.63) is 34.9 Å². The average Bonchev–Trinajstić information content (AvgIpc) is 3.02. The molecule has 2 rings (SSSR count). The highest BCUT2D eigenvalue weighted by Gasteiger charge is 2.24. The third kappa shape index (κ3) is 3.50. The summed E-state index contributed by atoms with van der Waals surface area (Å²) in [5.74, 6) is 0.986. The van der Waals surface area contributed by atoms with Gasteiger partial charge in [0.1, 0.15) is 0 Å². The lowest BCUT2D eigenvalue weighted by Gasteiger charge is -2.20. The minimum Gasteiger partial charge on any atom is -0.308 e. The second-order valence-corrected chi connectivity index (χ2v) is 5.46. The zero-order chi connectivity index (χ0) is 11.5. The minimum atomic E-state index is 0.408. The van der Waals surface area contributed by atoms with Gasteiger partial charge in [-0.2, -0.15) is 0 Å². The summed E-state index contributed by atoms with van der Waals surface area (Å²) in [4.78, 5) is 0. The quantitative estimate of drug-likeness (QED) is 0.810. The molecule has 1 nitrogen and oxygen atoms in total. The Balaban J connectivity index is 1.85. The first-order chi connectivity index (χ1) is 7.65. The fourth-order valence-electron chi connectivity index (χ4n) is 2.20. The first-order valence-electron chi connectivity index (χ1n) is 6.16. The van der Waals surface area contributed by atoms with Crippen LogP contribution in [0.1, 0.15) is 44.7 Å². The zero-order valence-electron chi connectivity index (χ0n) is 10.0. The highest BCUT2D eigenvalue weighted by atomic mass is 35.5. The van der Waals surface area contributed by atoms with Crippen LogP contribution in [0.2, 0.25) is 5.02 Å². The molecule has 2 heteroatoms. The van der Waals surface area contributed by atoms with Gasteiger partial charge in [0.15, 0.2) is 0 Å². The van der Waals surface area contributed by atoms with Crippen molar-refractivity contribution < 1.29 is 0 Å². The third-order valence-electron chi connectivity index (χ3n) is 3.29. The van der Waals surface area contributed by atoms with Gasteiger partial charge in [-0.05, 0) is 43.9 Å². The van der Waals surface area contributed by atoms with Gasteiger partial charge in [-0.15, -0.1) is 0 Å². The van der Waals surface area contributed by atoms with Gasteiger partial charge in [0.05, 0.1) is 0 Å². The molecule has 0 spiro atoms. The van der Waals surface area contributed by atoms with Gasteiger partial charge in [0, 0.05) is 17.1 Å². The molecule has 0 aromatic heterocycles.